The van der Waals surface area contributed by atoms with Gasteiger partial charge in [-0.3, -0.25) is 10.2 Å². The number of carbonyl (C=O) groups excluding carboxylic acids is 1. The van der Waals surface area contributed by atoms with Gasteiger partial charge in [-0.25, -0.2) is 5.43 Å². The Bertz CT molecular complexity index is 302. The predicted molar refractivity (Wildman–Crippen MR) is 67.9 cm³/mol. The fourth-order valence-electron chi connectivity index (χ4n) is 1.00. The summed E-state index contributed by atoms with van der Waals surface area (Å²) in [6, 6.07) is 9.14. The number of hydrogen-bond donors (Lipinski definition) is 2. The van der Waals surface area contributed by atoms with E-state index in [1.165, 1.54) is 0 Å². The minimum absolute atomic E-state index is 0.108. The van der Waals surface area contributed by atoms with Crippen LogP contribution in [-0.4, -0.2) is 23.1 Å². The smallest absolute Gasteiger partial charge is 0.265 e. The molecule has 0 aliphatic carbocycles. The van der Waals surface area contributed by atoms with Crippen LogP contribution in [0.2, 0.25) is 0 Å². The van der Waals surface area contributed by atoms with E-state index in [2.05, 4.69) is 10.9 Å². The number of thioether (sulfide) groups is 2. The summed E-state index contributed by atoms with van der Waals surface area (Å²) >= 11 is 3.29. The summed E-state index contributed by atoms with van der Waals surface area (Å²) in [5.41, 5.74) is 6.27. The van der Waals surface area contributed by atoms with Gasteiger partial charge in [-0.05, 0) is 24.6 Å². The molecule has 1 aromatic carbocycles. The van der Waals surface area contributed by atoms with Crippen molar-refractivity contribution in [2.45, 2.75) is 4.71 Å². The third-order valence-corrected chi connectivity index (χ3v) is 4.01. The molecule has 0 aliphatic heterocycles. The zero-order chi connectivity index (χ0) is 11.1. The Kier molecular flexibility index (Phi) is 5.60. The van der Waals surface area contributed by atoms with Crippen molar-refractivity contribution >= 4 is 29.4 Å². The van der Waals surface area contributed by atoms with Gasteiger partial charge in [0.1, 0.15) is 4.71 Å². The lowest BCUT2D eigenvalue weighted by atomic mass is 10.2. The molecule has 0 fully saturated rings. The fourth-order valence-corrected chi connectivity index (χ4v) is 2.12. The third-order valence-electron chi connectivity index (χ3n) is 1.77. The zero-order valence-corrected chi connectivity index (χ0v) is 10.3. The quantitative estimate of drug-likeness (QED) is 0.611. The Labute approximate surface area is 98.4 Å². The van der Waals surface area contributed by atoms with E-state index in [-0.39, 0.29) is 10.6 Å². The van der Waals surface area contributed by atoms with Gasteiger partial charge in [0.2, 0.25) is 0 Å². The molecule has 3 nitrogen and oxygen atoms in total. The number of rotatable bonds is 5. The number of carbonyl (C=O) groups is 1. The fraction of sp³-hybridized carbons (Fsp3) is 0.300. The molecule has 0 unspecified atom stereocenters. The maximum absolute atomic E-state index is 11.6. The molecule has 0 spiro atoms. The van der Waals surface area contributed by atoms with Gasteiger partial charge in [0, 0.05) is 5.56 Å². The van der Waals surface area contributed by atoms with Crippen molar-refractivity contribution in [1.29, 1.82) is 0 Å². The molecule has 0 saturated carbocycles. The van der Waals surface area contributed by atoms with E-state index in [0.29, 0.717) is 5.56 Å². The first-order valence-corrected chi connectivity index (χ1v) is 7.02. The van der Waals surface area contributed by atoms with Crippen LogP contribution in [0, 0.1) is 0 Å². The molecule has 1 rings (SSSR count). The molecule has 82 valence electrons. The number of benzene rings is 1. The molecule has 0 aromatic heterocycles. The second-order valence-corrected chi connectivity index (χ2v) is 4.95. The van der Waals surface area contributed by atoms with Crippen LogP contribution >= 0.6 is 23.5 Å². The highest BCUT2D eigenvalue weighted by Crippen LogP contribution is 2.13. The van der Waals surface area contributed by atoms with Crippen LogP contribution in [0.15, 0.2) is 30.3 Å². The lowest BCUT2D eigenvalue weighted by Crippen LogP contribution is -2.41. The van der Waals surface area contributed by atoms with E-state index in [0.717, 1.165) is 0 Å². The van der Waals surface area contributed by atoms with Crippen molar-refractivity contribution in [3.63, 3.8) is 0 Å². The summed E-state index contributed by atoms with van der Waals surface area (Å²) in [5, 5.41) is 0. The topological polar surface area (TPSA) is 41.1 Å². The van der Waals surface area contributed by atoms with Gasteiger partial charge in [0.15, 0.2) is 0 Å². The predicted octanol–water partition coefficient (Wildman–Crippen LogP) is 1.93. The van der Waals surface area contributed by atoms with E-state index >= 15 is 0 Å². The average Bonchev–Trinajstić information content (AvgIpc) is 2.31. The first-order chi connectivity index (χ1) is 7.27. The highest BCUT2D eigenvalue weighted by atomic mass is 32.2. The molecule has 0 saturated heterocycles. The Balaban J connectivity index is 2.43. The summed E-state index contributed by atoms with van der Waals surface area (Å²) in [4.78, 5) is 11.6. The Morgan fingerprint density at radius 3 is 2.33 bits per heavy atom. The van der Waals surface area contributed by atoms with Crippen molar-refractivity contribution in [3.8, 4) is 0 Å². The van der Waals surface area contributed by atoms with E-state index in [9.17, 15) is 4.79 Å². The minimum Gasteiger partial charge on any atom is -0.286 e. The monoisotopic (exact) mass is 242 g/mol. The Hall–Kier alpha value is -0.650. The minimum atomic E-state index is -0.108. The van der Waals surface area contributed by atoms with E-state index in [1.54, 1.807) is 35.7 Å². The lowest BCUT2D eigenvalue weighted by Gasteiger charge is -2.14. The van der Waals surface area contributed by atoms with Crippen molar-refractivity contribution in [3.05, 3.63) is 35.9 Å². The third kappa shape index (κ3) is 4.15. The second kappa shape index (κ2) is 6.76. The standard InChI is InChI=1S/C10H14N2OS2/c1-14-10(15-2)12-11-9(13)8-6-4-3-5-7-8/h3-7,10,12H,1-2H3,(H,11,13). The number of amides is 1. The normalized spacial score (nSPS) is 10.3. The Morgan fingerprint density at radius 1 is 1.20 bits per heavy atom. The number of hydrogen-bond acceptors (Lipinski definition) is 4. The van der Waals surface area contributed by atoms with Crippen LogP contribution in [0.1, 0.15) is 10.4 Å². The summed E-state index contributed by atoms with van der Waals surface area (Å²) in [6.07, 6.45) is 3.98. The summed E-state index contributed by atoms with van der Waals surface area (Å²) in [6.45, 7) is 0. The van der Waals surface area contributed by atoms with Crippen LogP contribution in [0.5, 0.6) is 0 Å². The summed E-state index contributed by atoms with van der Waals surface area (Å²) in [7, 11) is 0. The molecular weight excluding hydrogens is 228 g/mol. The Morgan fingerprint density at radius 2 is 1.80 bits per heavy atom. The zero-order valence-electron chi connectivity index (χ0n) is 8.69. The molecule has 1 amide bonds. The van der Waals surface area contributed by atoms with Gasteiger partial charge in [-0.2, -0.15) is 0 Å². The van der Waals surface area contributed by atoms with Crippen molar-refractivity contribution in [2.24, 2.45) is 0 Å². The summed E-state index contributed by atoms with van der Waals surface area (Å²) in [5.74, 6) is -0.108. The van der Waals surface area contributed by atoms with Gasteiger partial charge in [-0.15, -0.1) is 23.5 Å². The van der Waals surface area contributed by atoms with E-state index in [1.807, 2.05) is 30.7 Å². The van der Waals surface area contributed by atoms with Crippen LogP contribution in [0.4, 0.5) is 0 Å². The van der Waals surface area contributed by atoms with Gasteiger partial charge in [0.05, 0.1) is 0 Å². The molecule has 0 heterocycles. The largest absolute Gasteiger partial charge is 0.286 e. The van der Waals surface area contributed by atoms with Crippen molar-refractivity contribution in [2.75, 3.05) is 12.5 Å². The lowest BCUT2D eigenvalue weighted by molar-refractivity contribution is 0.0935. The maximum Gasteiger partial charge on any atom is 0.265 e. The highest BCUT2D eigenvalue weighted by Gasteiger charge is 2.07. The molecule has 5 heteroatoms. The van der Waals surface area contributed by atoms with Gasteiger partial charge >= 0.3 is 0 Å². The van der Waals surface area contributed by atoms with Crippen LogP contribution in [0.3, 0.4) is 0 Å². The molecular formula is C10H14N2OS2. The molecule has 2 N–H and O–H groups in total. The number of hydrazine groups is 1. The maximum atomic E-state index is 11.6. The van der Waals surface area contributed by atoms with Crippen LogP contribution in [0.25, 0.3) is 0 Å². The van der Waals surface area contributed by atoms with Gasteiger partial charge in [-0.1, -0.05) is 18.2 Å². The highest BCUT2D eigenvalue weighted by molar-refractivity contribution is 8.16. The first-order valence-electron chi connectivity index (χ1n) is 4.44. The SMILES string of the molecule is CSC(NNC(=O)c1ccccc1)SC. The van der Waals surface area contributed by atoms with Crippen LogP contribution in [-0.2, 0) is 0 Å². The van der Waals surface area contributed by atoms with E-state index < -0.39 is 0 Å². The summed E-state index contributed by atoms with van der Waals surface area (Å²) < 4.78 is 0.178. The first kappa shape index (κ1) is 12.4. The van der Waals surface area contributed by atoms with Crippen LogP contribution < -0.4 is 10.9 Å². The second-order valence-electron chi connectivity index (χ2n) is 2.77. The molecule has 0 atom stereocenters. The van der Waals surface area contributed by atoms with Crippen molar-refractivity contribution < 1.29 is 4.79 Å². The van der Waals surface area contributed by atoms with Gasteiger partial charge in [0.25, 0.3) is 5.91 Å². The molecule has 0 bridgehead atoms. The molecule has 15 heavy (non-hydrogen) atoms. The molecule has 0 aliphatic rings. The molecule has 1 aromatic rings. The number of nitrogens with one attached hydrogen (secondary N) is 2. The van der Waals surface area contributed by atoms with E-state index in [4.69, 9.17) is 0 Å². The van der Waals surface area contributed by atoms with Crippen molar-refractivity contribution in [1.82, 2.24) is 10.9 Å². The average molecular weight is 242 g/mol. The van der Waals surface area contributed by atoms with Gasteiger partial charge < -0.3 is 0 Å². The molecule has 0 radical (unpaired) electrons.